The summed E-state index contributed by atoms with van der Waals surface area (Å²) < 4.78 is 33.7. The van der Waals surface area contributed by atoms with E-state index < -0.39 is 10.0 Å². The van der Waals surface area contributed by atoms with Crippen LogP contribution in [0.2, 0.25) is 0 Å². The van der Waals surface area contributed by atoms with E-state index in [1.807, 2.05) is 30.3 Å². The fraction of sp³-hybridized carbons (Fsp3) is 0.111. The van der Waals surface area contributed by atoms with Crippen molar-refractivity contribution >= 4 is 26.0 Å². The van der Waals surface area contributed by atoms with Crippen LogP contribution in [0.3, 0.4) is 0 Å². The van der Waals surface area contributed by atoms with E-state index in [1.54, 1.807) is 42.7 Å². The topological polar surface area (TPSA) is 50.5 Å². The second-order valence-electron chi connectivity index (χ2n) is 5.29. The molecule has 24 heavy (non-hydrogen) atoms. The minimum atomic E-state index is -3.64. The molecule has 0 aliphatic carbocycles. The molecule has 1 heterocycles. The maximum absolute atomic E-state index is 13.0. The van der Waals surface area contributed by atoms with E-state index in [-0.39, 0.29) is 18.0 Å². The van der Waals surface area contributed by atoms with Crippen LogP contribution in [0.5, 0.6) is 0 Å². The number of halogens is 1. The van der Waals surface area contributed by atoms with Gasteiger partial charge in [-0.15, -0.1) is 0 Å². The van der Waals surface area contributed by atoms with Gasteiger partial charge in [0, 0.05) is 11.0 Å². The molecule has 0 unspecified atom stereocenters. The van der Waals surface area contributed by atoms with Crippen LogP contribution in [0.25, 0.3) is 0 Å². The molecule has 0 aliphatic heterocycles. The zero-order chi connectivity index (χ0) is 17.0. The Hall–Kier alpha value is -1.89. The summed E-state index contributed by atoms with van der Waals surface area (Å²) >= 11 is 3.33. The van der Waals surface area contributed by atoms with Gasteiger partial charge in [-0.3, -0.25) is 0 Å². The summed E-state index contributed by atoms with van der Waals surface area (Å²) in [6.45, 7) is 0.459. The fourth-order valence-electron chi connectivity index (χ4n) is 2.34. The van der Waals surface area contributed by atoms with Gasteiger partial charge >= 0.3 is 0 Å². The maximum atomic E-state index is 13.0. The first-order chi connectivity index (χ1) is 11.6. The number of sulfonamides is 1. The monoisotopic (exact) mass is 405 g/mol. The van der Waals surface area contributed by atoms with Crippen LogP contribution >= 0.6 is 15.9 Å². The van der Waals surface area contributed by atoms with Gasteiger partial charge in [-0.25, -0.2) is 8.42 Å². The van der Waals surface area contributed by atoms with Crippen molar-refractivity contribution in [3.8, 4) is 0 Å². The summed E-state index contributed by atoms with van der Waals surface area (Å²) in [6.07, 6.45) is 1.54. The second kappa shape index (κ2) is 7.34. The lowest BCUT2D eigenvalue weighted by atomic mass is 10.2. The van der Waals surface area contributed by atoms with Crippen LogP contribution < -0.4 is 0 Å². The zero-order valence-electron chi connectivity index (χ0n) is 12.8. The normalized spacial score (nSPS) is 11.8. The highest BCUT2D eigenvalue weighted by atomic mass is 79.9. The van der Waals surface area contributed by atoms with E-state index >= 15 is 0 Å². The Kier molecular flexibility index (Phi) is 5.18. The van der Waals surface area contributed by atoms with Crippen LogP contribution in [0, 0.1) is 0 Å². The molecule has 0 saturated carbocycles. The molecule has 0 radical (unpaired) electrons. The van der Waals surface area contributed by atoms with E-state index in [0.29, 0.717) is 5.76 Å². The van der Waals surface area contributed by atoms with E-state index in [1.165, 1.54) is 4.31 Å². The van der Waals surface area contributed by atoms with Crippen molar-refractivity contribution in [3.63, 3.8) is 0 Å². The van der Waals surface area contributed by atoms with Crippen LogP contribution in [-0.2, 0) is 23.1 Å². The smallest absolute Gasteiger partial charge is 0.243 e. The highest BCUT2D eigenvalue weighted by molar-refractivity contribution is 9.10. The first-order valence-corrected chi connectivity index (χ1v) is 9.61. The quantitative estimate of drug-likeness (QED) is 0.609. The maximum Gasteiger partial charge on any atom is 0.243 e. The lowest BCUT2D eigenvalue weighted by Crippen LogP contribution is -2.30. The SMILES string of the molecule is O=S(=O)(c1ccc(Br)cc1)N(Cc1ccccc1)Cc1ccco1. The summed E-state index contributed by atoms with van der Waals surface area (Å²) in [4.78, 5) is 0.258. The van der Waals surface area contributed by atoms with Gasteiger partial charge in [0.05, 0.1) is 17.7 Å². The van der Waals surface area contributed by atoms with Crippen molar-refractivity contribution in [3.05, 3.63) is 88.8 Å². The second-order valence-corrected chi connectivity index (χ2v) is 8.15. The summed E-state index contributed by atoms with van der Waals surface area (Å²) in [5.41, 5.74) is 0.921. The molecule has 0 atom stereocenters. The van der Waals surface area contributed by atoms with E-state index in [2.05, 4.69) is 15.9 Å². The Bertz CT molecular complexity index is 876. The molecule has 0 saturated heterocycles. The van der Waals surface area contributed by atoms with E-state index in [0.717, 1.165) is 10.0 Å². The van der Waals surface area contributed by atoms with Crippen molar-refractivity contribution in [1.82, 2.24) is 4.31 Å². The Labute approximate surface area is 149 Å². The number of furan rings is 1. The van der Waals surface area contributed by atoms with Crippen LogP contribution in [0.15, 0.2) is 86.8 Å². The van der Waals surface area contributed by atoms with Gasteiger partial charge in [0.15, 0.2) is 0 Å². The molecule has 6 heteroatoms. The van der Waals surface area contributed by atoms with E-state index in [9.17, 15) is 8.42 Å². The Morgan fingerprint density at radius 1 is 0.875 bits per heavy atom. The molecule has 0 N–H and O–H groups in total. The molecule has 2 aromatic carbocycles. The van der Waals surface area contributed by atoms with Gasteiger partial charge in [-0.2, -0.15) is 4.31 Å². The summed E-state index contributed by atoms with van der Waals surface area (Å²) in [6, 6.07) is 19.7. The van der Waals surface area contributed by atoms with Crippen LogP contribution in [0.1, 0.15) is 11.3 Å². The largest absolute Gasteiger partial charge is 0.468 e. The summed E-state index contributed by atoms with van der Waals surface area (Å²) in [5, 5.41) is 0. The number of benzene rings is 2. The van der Waals surface area contributed by atoms with Gasteiger partial charge in [0.1, 0.15) is 5.76 Å². The lowest BCUT2D eigenvalue weighted by Gasteiger charge is -2.21. The predicted octanol–water partition coefficient (Wildman–Crippen LogP) is 4.43. The van der Waals surface area contributed by atoms with Crippen molar-refractivity contribution in [2.24, 2.45) is 0 Å². The third-order valence-corrected chi connectivity index (χ3v) is 5.90. The highest BCUT2D eigenvalue weighted by Gasteiger charge is 2.25. The molecule has 3 rings (SSSR count). The first kappa shape index (κ1) is 17.0. The Morgan fingerprint density at radius 2 is 1.58 bits per heavy atom. The summed E-state index contributed by atoms with van der Waals surface area (Å²) in [5.74, 6) is 0.603. The van der Waals surface area contributed by atoms with Crippen molar-refractivity contribution < 1.29 is 12.8 Å². The average molecular weight is 406 g/mol. The van der Waals surface area contributed by atoms with E-state index in [4.69, 9.17) is 4.42 Å². The molecule has 0 spiro atoms. The number of nitrogens with zero attached hydrogens (tertiary/aromatic N) is 1. The molecule has 1 aromatic heterocycles. The van der Waals surface area contributed by atoms with Gasteiger partial charge in [-0.1, -0.05) is 46.3 Å². The fourth-order valence-corrected chi connectivity index (χ4v) is 4.00. The molecular weight excluding hydrogens is 390 g/mol. The van der Waals surface area contributed by atoms with Crippen molar-refractivity contribution in [2.45, 2.75) is 18.0 Å². The van der Waals surface area contributed by atoms with Crippen LogP contribution in [0.4, 0.5) is 0 Å². The molecule has 0 bridgehead atoms. The van der Waals surface area contributed by atoms with Crippen molar-refractivity contribution in [2.75, 3.05) is 0 Å². The minimum absolute atomic E-state index is 0.181. The molecule has 0 amide bonds. The highest BCUT2D eigenvalue weighted by Crippen LogP contribution is 2.23. The average Bonchev–Trinajstić information content (AvgIpc) is 3.09. The standard InChI is InChI=1S/C18H16BrNO3S/c19-16-8-10-18(11-9-16)24(21,22)20(14-17-7-4-12-23-17)13-15-5-2-1-3-6-15/h1-12H,13-14H2. The zero-order valence-corrected chi connectivity index (χ0v) is 15.2. The molecule has 3 aromatic rings. The minimum Gasteiger partial charge on any atom is -0.468 e. The molecular formula is C18H16BrNO3S. The third-order valence-electron chi connectivity index (χ3n) is 3.57. The number of hydrogen-bond donors (Lipinski definition) is 0. The van der Waals surface area contributed by atoms with Gasteiger partial charge in [0.2, 0.25) is 10.0 Å². The Balaban J connectivity index is 1.94. The van der Waals surface area contributed by atoms with Gasteiger partial charge in [0.25, 0.3) is 0 Å². The molecule has 124 valence electrons. The number of rotatable bonds is 6. The third kappa shape index (κ3) is 3.95. The molecule has 4 nitrogen and oxygen atoms in total. The lowest BCUT2D eigenvalue weighted by molar-refractivity contribution is 0.358. The molecule has 0 aliphatic rings. The Morgan fingerprint density at radius 3 is 2.21 bits per heavy atom. The predicted molar refractivity (Wildman–Crippen MR) is 95.7 cm³/mol. The van der Waals surface area contributed by atoms with Gasteiger partial charge in [-0.05, 0) is 42.0 Å². The van der Waals surface area contributed by atoms with Crippen LogP contribution in [-0.4, -0.2) is 12.7 Å². The summed E-state index contributed by atoms with van der Waals surface area (Å²) in [7, 11) is -3.64. The van der Waals surface area contributed by atoms with Crippen molar-refractivity contribution in [1.29, 1.82) is 0 Å². The molecule has 0 fully saturated rings. The number of hydrogen-bond acceptors (Lipinski definition) is 3. The first-order valence-electron chi connectivity index (χ1n) is 7.38. The van der Waals surface area contributed by atoms with Gasteiger partial charge < -0.3 is 4.42 Å².